The molecule has 5 heteroatoms. The molecule has 1 saturated heterocycles. The molecule has 3 aliphatic rings. The lowest BCUT2D eigenvalue weighted by Gasteiger charge is -2.37. The molecule has 0 bridgehead atoms. The molecule has 1 heterocycles. The summed E-state index contributed by atoms with van der Waals surface area (Å²) in [5.74, 6) is 2.50. The average Bonchev–Trinajstić information content (AvgIpc) is 2.94. The van der Waals surface area contributed by atoms with Crippen LogP contribution in [0.25, 0.3) is 0 Å². The Balaban J connectivity index is 1.79. The van der Waals surface area contributed by atoms with Gasteiger partial charge in [0.05, 0.1) is 26.4 Å². The Morgan fingerprint density at radius 3 is 2.35 bits per heavy atom. The van der Waals surface area contributed by atoms with Gasteiger partial charge in [0.25, 0.3) is 0 Å². The number of aliphatic hydroxyl groups excluding tert-OH is 2. The first-order valence-electron chi connectivity index (χ1n) is 9.26. The highest BCUT2D eigenvalue weighted by molar-refractivity contribution is 5.27. The highest BCUT2D eigenvalue weighted by Crippen LogP contribution is 2.49. The van der Waals surface area contributed by atoms with Crippen LogP contribution in [0, 0.1) is 23.2 Å². The van der Waals surface area contributed by atoms with Gasteiger partial charge >= 0.3 is 0 Å². The van der Waals surface area contributed by atoms with E-state index in [0.717, 1.165) is 0 Å². The van der Waals surface area contributed by atoms with Crippen LogP contribution < -0.4 is 0 Å². The molecule has 0 amide bonds. The molecular formula is C21H30O5. The van der Waals surface area contributed by atoms with E-state index >= 15 is 0 Å². The molecule has 0 spiro atoms. The number of hydrogen-bond donors (Lipinski definition) is 2. The van der Waals surface area contributed by atoms with Crippen molar-refractivity contribution in [1.29, 1.82) is 0 Å². The molecule has 2 unspecified atom stereocenters. The predicted molar refractivity (Wildman–Crippen MR) is 99.4 cm³/mol. The molecule has 0 saturated carbocycles. The second-order valence-corrected chi connectivity index (χ2v) is 8.01. The van der Waals surface area contributed by atoms with Gasteiger partial charge in [0.15, 0.2) is 11.5 Å². The molecule has 3 rings (SSSR count). The van der Waals surface area contributed by atoms with Gasteiger partial charge in [-0.2, -0.15) is 0 Å². The lowest BCUT2D eigenvalue weighted by atomic mass is 9.71. The maximum atomic E-state index is 9.97. The Morgan fingerprint density at radius 1 is 1.04 bits per heavy atom. The van der Waals surface area contributed by atoms with Crippen molar-refractivity contribution in [3.63, 3.8) is 0 Å². The van der Waals surface area contributed by atoms with Crippen LogP contribution in [0.4, 0.5) is 0 Å². The van der Waals surface area contributed by atoms with Crippen molar-refractivity contribution in [2.24, 2.45) is 23.2 Å². The van der Waals surface area contributed by atoms with Gasteiger partial charge < -0.3 is 24.4 Å². The van der Waals surface area contributed by atoms with Crippen LogP contribution in [0.15, 0.2) is 47.3 Å². The first-order valence-corrected chi connectivity index (χ1v) is 9.26. The minimum atomic E-state index is -0.236. The molecule has 0 aromatic carbocycles. The van der Waals surface area contributed by atoms with Gasteiger partial charge in [-0.1, -0.05) is 32.9 Å². The third kappa shape index (κ3) is 3.13. The van der Waals surface area contributed by atoms with Crippen LogP contribution in [0.2, 0.25) is 0 Å². The molecule has 2 aliphatic carbocycles. The minimum absolute atomic E-state index is 0.0240. The van der Waals surface area contributed by atoms with E-state index in [4.69, 9.17) is 14.2 Å². The lowest BCUT2D eigenvalue weighted by molar-refractivity contribution is -0.0461. The highest BCUT2D eigenvalue weighted by Gasteiger charge is 2.50. The topological polar surface area (TPSA) is 68.2 Å². The quantitative estimate of drug-likeness (QED) is 0.776. The van der Waals surface area contributed by atoms with E-state index < -0.39 is 0 Å². The van der Waals surface area contributed by atoms with Crippen LogP contribution in [-0.4, -0.2) is 36.6 Å². The van der Waals surface area contributed by atoms with Gasteiger partial charge in [0.1, 0.15) is 11.5 Å². The Hall–Kier alpha value is -1.88. The van der Waals surface area contributed by atoms with Crippen molar-refractivity contribution in [3.8, 4) is 0 Å². The zero-order valence-electron chi connectivity index (χ0n) is 16.2. The summed E-state index contributed by atoms with van der Waals surface area (Å²) < 4.78 is 17.3. The maximum Gasteiger partial charge on any atom is 0.152 e. The summed E-state index contributed by atoms with van der Waals surface area (Å²) in [6.45, 7) is 6.62. The molecule has 1 fully saturated rings. The normalized spacial score (nSPS) is 40.3. The number of aliphatic hydroxyl groups is 2. The van der Waals surface area contributed by atoms with Crippen molar-refractivity contribution in [2.75, 3.05) is 14.2 Å². The molecule has 0 aromatic rings. The van der Waals surface area contributed by atoms with Crippen LogP contribution in [0.3, 0.4) is 0 Å². The average molecular weight is 362 g/mol. The van der Waals surface area contributed by atoms with Crippen LogP contribution in [0.1, 0.15) is 33.6 Å². The van der Waals surface area contributed by atoms with Crippen LogP contribution in [-0.2, 0) is 14.2 Å². The third-order valence-corrected chi connectivity index (χ3v) is 6.35. The summed E-state index contributed by atoms with van der Waals surface area (Å²) in [7, 11) is 3.18. The summed E-state index contributed by atoms with van der Waals surface area (Å²) in [6, 6.07) is 0. The molecule has 0 aromatic heterocycles. The standard InChI is InChI=1S/C21H30O5/c1-12-13(2)20(21(3)9-8-16(23)18(11-21)25-5)26-19(12)14-6-7-15(22)17(10-14)24-4/h6-9,12-14,19-20,22-23H,10-11H2,1-5H3/t12-,13+,14?,19+,20-,21?/m1/s1. The lowest BCUT2D eigenvalue weighted by Crippen LogP contribution is -2.37. The van der Waals surface area contributed by atoms with Crippen LogP contribution in [0.5, 0.6) is 0 Å². The van der Waals surface area contributed by atoms with Gasteiger partial charge in [-0.05, 0) is 24.0 Å². The monoisotopic (exact) mass is 362 g/mol. The zero-order valence-corrected chi connectivity index (χ0v) is 16.2. The highest BCUT2D eigenvalue weighted by atomic mass is 16.5. The Bertz CT molecular complexity index is 674. The van der Waals surface area contributed by atoms with E-state index in [9.17, 15) is 10.2 Å². The number of methoxy groups -OCH3 is 2. The summed E-state index contributed by atoms with van der Waals surface area (Å²) in [5.41, 5.74) is -0.236. The third-order valence-electron chi connectivity index (χ3n) is 6.35. The smallest absolute Gasteiger partial charge is 0.152 e. The zero-order chi connectivity index (χ0) is 19.1. The van der Waals surface area contributed by atoms with E-state index in [1.807, 2.05) is 12.2 Å². The van der Waals surface area contributed by atoms with E-state index in [2.05, 4.69) is 20.8 Å². The number of rotatable bonds is 4. The summed E-state index contributed by atoms with van der Waals surface area (Å²) in [4.78, 5) is 0. The molecule has 6 atom stereocenters. The largest absolute Gasteiger partial charge is 0.505 e. The van der Waals surface area contributed by atoms with Gasteiger partial charge in [0.2, 0.25) is 0 Å². The Morgan fingerprint density at radius 2 is 1.69 bits per heavy atom. The van der Waals surface area contributed by atoms with Crippen molar-refractivity contribution >= 4 is 0 Å². The van der Waals surface area contributed by atoms with Gasteiger partial charge in [-0.25, -0.2) is 0 Å². The molecule has 5 nitrogen and oxygen atoms in total. The van der Waals surface area contributed by atoms with Gasteiger partial charge in [0, 0.05) is 24.2 Å². The van der Waals surface area contributed by atoms with E-state index in [1.54, 1.807) is 26.4 Å². The molecule has 1 aliphatic heterocycles. The molecule has 2 N–H and O–H groups in total. The van der Waals surface area contributed by atoms with Gasteiger partial charge in [-0.15, -0.1) is 0 Å². The fraction of sp³-hybridized carbons (Fsp3) is 0.619. The summed E-state index contributed by atoms with van der Waals surface area (Å²) in [6.07, 6.45) is 8.85. The second-order valence-electron chi connectivity index (χ2n) is 8.01. The number of hydrogen-bond acceptors (Lipinski definition) is 5. The van der Waals surface area contributed by atoms with Crippen LogP contribution >= 0.6 is 0 Å². The molecular weight excluding hydrogens is 332 g/mol. The summed E-state index contributed by atoms with van der Waals surface area (Å²) >= 11 is 0. The summed E-state index contributed by atoms with van der Waals surface area (Å²) in [5, 5.41) is 19.9. The van der Waals surface area contributed by atoms with E-state index in [0.29, 0.717) is 36.2 Å². The molecule has 26 heavy (non-hydrogen) atoms. The fourth-order valence-corrected chi connectivity index (χ4v) is 4.58. The second kappa shape index (κ2) is 7.03. The number of ether oxygens (including phenoxy) is 3. The molecule has 144 valence electrons. The van der Waals surface area contributed by atoms with Crippen molar-refractivity contribution < 1.29 is 24.4 Å². The fourth-order valence-electron chi connectivity index (χ4n) is 4.58. The van der Waals surface area contributed by atoms with E-state index in [-0.39, 0.29) is 35.1 Å². The first kappa shape index (κ1) is 18.9. The maximum absolute atomic E-state index is 9.97. The molecule has 0 radical (unpaired) electrons. The Kier molecular flexibility index (Phi) is 5.11. The number of allylic oxidation sites excluding steroid dienone is 4. The minimum Gasteiger partial charge on any atom is -0.505 e. The van der Waals surface area contributed by atoms with Crippen molar-refractivity contribution in [2.45, 2.75) is 45.8 Å². The van der Waals surface area contributed by atoms with Crippen molar-refractivity contribution in [3.05, 3.63) is 47.3 Å². The Labute approximate surface area is 155 Å². The van der Waals surface area contributed by atoms with Crippen molar-refractivity contribution in [1.82, 2.24) is 0 Å². The van der Waals surface area contributed by atoms with Gasteiger partial charge in [-0.3, -0.25) is 0 Å². The first-order chi connectivity index (χ1) is 12.3. The predicted octanol–water partition coefficient (Wildman–Crippen LogP) is 4.40. The SMILES string of the molecule is COC1=C(O)C=CC([C@H]2O[C@@H](C3(C)C=CC(O)=C(OC)C3)[C@@H](C)[C@H]2C)C1. The van der Waals surface area contributed by atoms with E-state index in [1.165, 1.54) is 0 Å².